The summed E-state index contributed by atoms with van der Waals surface area (Å²) in [6.45, 7) is 12.4. The van der Waals surface area contributed by atoms with E-state index in [1.807, 2.05) is 20.8 Å². The van der Waals surface area contributed by atoms with Gasteiger partial charge in [-0.1, -0.05) is 20.8 Å². The van der Waals surface area contributed by atoms with Crippen LogP contribution in [-0.4, -0.2) is 16.7 Å². The molecule has 84 valence electrons. The highest BCUT2D eigenvalue weighted by Gasteiger charge is 2.23. The van der Waals surface area contributed by atoms with E-state index in [1.165, 1.54) is 0 Å². The monoisotopic (exact) mass is 217 g/mol. The summed E-state index contributed by atoms with van der Waals surface area (Å²) in [5.74, 6) is 0. The first-order valence-electron chi connectivity index (χ1n) is 5.00. The average Bonchev–Trinajstić information content (AvgIpc) is 1.78. The Kier molecular flexibility index (Phi) is 4.53. The molecule has 1 atom stereocenters. The first-order chi connectivity index (χ1) is 6.01. The van der Waals surface area contributed by atoms with Crippen LogP contribution < -0.4 is 5.73 Å². The standard InChI is InChI=1S/C11H23NOS/c1-10(2,3)7-8(12)9(14)13-11(4,5)6/h8H,7,12H2,1-6H3/t8-/m1/s1. The van der Waals surface area contributed by atoms with Crippen molar-refractivity contribution >= 4 is 17.3 Å². The van der Waals surface area contributed by atoms with E-state index in [-0.39, 0.29) is 17.1 Å². The number of thiocarbonyl (C=S) groups is 1. The lowest BCUT2D eigenvalue weighted by Crippen LogP contribution is -2.38. The third-order valence-corrected chi connectivity index (χ3v) is 1.93. The molecule has 0 rings (SSSR count). The molecule has 0 spiro atoms. The summed E-state index contributed by atoms with van der Waals surface area (Å²) < 4.78 is 5.55. The molecular formula is C11H23NOS. The SMILES string of the molecule is CC(C)(C)C[C@@H](N)C(=S)OC(C)(C)C. The van der Waals surface area contributed by atoms with Gasteiger partial charge in [-0.3, -0.25) is 0 Å². The number of rotatable bonds is 2. The van der Waals surface area contributed by atoms with Gasteiger partial charge in [0.2, 0.25) is 0 Å². The molecule has 2 nitrogen and oxygen atoms in total. The average molecular weight is 217 g/mol. The molecule has 14 heavy (non-hydrogen) atoms. The Hall–Kier alpha value is -0.150. The molecular weight excluding hydrogens is 194 g/mol. The van der Waals surface area contributed by atoms with Crippen LogP contribution in [0.4, 0.5) is 0 Å². The van der Waals surface area contributed by atoms with E-state index in [0.29, 0.717) is 5.05 Å². The maximum Gasteiger partial charge on any atom is 0.177 e. The van der Waals surface area contributed by atoms with Crippen molar-refractivity contribution in [1.29, 1.82) is 0 Å². The van der Waals surface area contributed by atoms with E-state index in [0.717, 1.165) is 6.42 Å². The lowest BCUT2D eigenvalue weighted by Gasteiger charge is -2.28. The van der Waals surface area contributed by atoms with Gasteiger partial charge in [-0.2, -0.15) is 0 Å². The van der Waals surface area contributed by atoms with Crippen molar-refractivity contribution in [3.05, 3.63) is 0 Å². The van der Waals surface area contributed by atoms with Crippen molar-refractivity contribution in [3.63, 3.8) is 0 Å². The van der Waals surface area contributed by atoms with Crippen LogP contribution in [0.1, 0.15) is 48.0 Å². The second-order valence-corrected chi connectivity index (χ2v) is 6.31. The first kappa shape index (κ1) is 13.8. The molecule has 0 aliphatic rings. The van der Waals surface area contributed by atoms with Gasteiger partial charge in [0.1, 0.15) is 5.60 Å². The van der Waals surface area contributed by atoms with Crippen molar-refractivity contribution in [2.75, 3.05) is 0 Å². The van der Waals surface area contributed by atoms with Gasteiger partial charge in [0.15, 0.2) is 5.05 Å². The van der Waals surface area contributed by atoms with Crippen LogP contribution in [0, 0.1) is 5.41 Å². The van der Waals surface area contributed by atoms with E-state index in [9.17, 15) is 0 Å². The van der Waals surface area contributed by atoms with Crippen LogP contribution in [0.5, 0.6) is 0 Å². The van der Waals surface area contributed by atoms with Crippen LogP contribution in [0.15, 0.2) is 0 Å². The number of hydrogen-bond donors (Lipinski definition) is 1. The fourth-order valence-electron chi connectivity index (χ4n) is 1.12. The van der Waals surface area contributed by atoms with Crippen LogP contribution in [0.25, 0.3) is 0 Å². The summed E-state index contributed by atoms with van der Waals surface area (Å²) in [6, 6.07) is -0.149. The van der Waals surface area contributed by atoms with Gasteiger partial charge in [-0.15, -0.1) is 0 Å². The summed E-state index contributed by atoms with van der Waals surface area (Å²) in [5.41, 5.74) is 5.89. The fraction of sp³-hybridized carbons (Fsp3) is 0.909. The van der Waals surface area contributed by atoms with Crippen molar-refractivity contribution in [2.24, 2.45) is 11.1 Å². The molecule has 0 fully saturated rings. The highest BCUT2D eigenvalue weighted by Crippen LogP contribution is 2.21. The van der Waals surface area contributed by atoms with E-state index in [4.69, 9.17) is 22.7 Å². The van der Waals surface area contributed by atoms with Crippen molar-refractivity contribution in [3.8, 4) is 0 Å². The summed E-state index contributed by atoms with van der Waals surface area (Å²) in [6.07, 6.45) is 0.849. The van der Waals surface area contributed by atoms with Gasteiger partial charge in [0, 0.05) is 0 Å². The highest BCUT2D eigenvalue weighted by atomic mass is 32.1. The van der Waals surface area contributed by atoms with E-state index < -0.39 is 0 Å². The second-order valence-electron chi connectivity index (χ2n) is 5.90. The minimum absolute atomic E-state index is 0.149. The molecule has 0 bridgehead atoms. The van der Waals surface area contributed by atoms with Gasteiger partial charge < -0.3 is 10.5 Å². The maximum absolute atomic E-state index is 5.94. The maximum atomic E-state index is 5.94. The molecule has 0 aliphatic carbocycles. The Balaban J connectivity index is 4.15. The Morgan fingerprint density at radius 3 is 1.93 bits per heavy atom. The minimum Gasteiger partial charge on any atom is -0.480 e. The lowest BCUT2D eigenvalue weighted by molar-refractivity contribution is 0.113. The Morgan fingerprint density at radius 2 is 1.64 bits per heavy atom. The quantitative estimate of drug-likeness (QED) is 0.722. The van der Waals surface area contributed by atoms with Crippen molar-refractivity contribution in [1.82, 2.24) is 0 Å². The van der Waals surface area contributed by atoms with Gasteiger partial charge in [-0.05, 0) is 44.8 Å². The van der Waals surface area contributed by atoms with Gasteiger partial charge in [0.25, 0.3) is 0 Å². The predicted molar refractivity (Wildman–Crippen MR) is 65.5 cm³/mol. The van der Waals surface area contributed by atoms with Crippen LogP contribution in [0.2, 0.25) is 0 Å². The predicted octanol–water partition coefficient (Wildman–Crippen LogP) is 2.89. The molecule has 0 saturated heterocycles. The minimum atomic E-state index is -0.243. The first-order valence-corrected chi connectivity index (χ1v) is 5.40. The normalized spacial score (nSPS) is 15.1. The Morgan fingerprint density at radius 1 is 1.21 bits per heavy atom. The molecule has 0 unspecified atom stereocenters. The number of hydrogen-bond acceptors (Lipinski definition) is 3. The molecule has 0 radical (unpaired) electrons. The molecule has 0 aromatic rings. The zero-order valence-electron chi connectivity index (χ0n) is 10.2. The van der Waals surface area contributed by atoms with Gasteiger partial charge >= 0.3 is 0 Å². The topological polar surface area (TPSA) is 35.2 Å². The largest absolute Gasteiger partial charge is 0.480 e. The van der Waals surface area contributed by atoms with Crippen molar-refractivity contribution < 1.29 is 4.74 Å². The van der Waals surface area contributed by atoms with E-state index in [1.54, 1.807) is 0 Å². The van der Waals surface area contributed by atoms with Gasteiger partial charge in [-0.25, -0.2) is 0 Å². The molecule has 0 heterocycles. The lowest BCUT2D eigenvalue weighted by atomic mass is 9.88. The zero-order chi connectivity index (χ0) is 11.6. The molecule has 3 heteroatoms. The smallest absolute Gasteiger partial charge is 0.177 e. The highest BCUT2D eigenvalue weighted by molar-refractivity contribution is 7.80. The van der Waals surface area contributed by atoms with Crippen LogP contribution in [-0.2, 0) is 4.74 Å². The third kappa shape index (κ3) is 7.27. The molecule has 0 aliphatic heterocycles. The Labute approximate surface area is 93.2 Å². The molecule has 0 aromatic heterocycles. The number of ether oxygens (including phenoxy) is 1. The number of nitrogens with two attached hydrogens (primary N) is 1. The molecule has 2 N–H and O–H groups in total. The third-order valence-electron chi connectivity index (χ3n) is 1.54. The second kappa shape index (κ2) is 4.58. The fourth-order valence-corrected chi connectivity index (χ4v) is 1.45. The Bertz CT molecular complexity index is 200. The molecule has 0 amide bonds. The van der Waals surface area contributed by atoms with Crippen LogP contribution in [0.3, 0.4) is 0 Å². The molecule has 0 aromatic carbocycles. The summed E-state index contributed by atoms with van der Waals surface area (Å²) in [4.78, 5) is 0. The zero-order valence-corrected chi connectivity index (χ0v) is 11.0. The summed E-state index contributed by atoms with van der Waals surface area (Å²) >= 11 is 5.15. The molecule has 0 saturated carbocycles. The van der Waals surface area contributed by atoms with Gasteiger partial charge in [0.05, 0.1) is 6.04 Å². The van der Waals surface area contributed by atoms with E-state index >= 15 is 0 Å². The van der Waals surface area contributed by atoms with Crippen LogP contribution >= 0.6 is 12.2 Å². The summed E-state index contributed by atoms with van der Waals surface area (Å²) in [5, 5.41) is 0.521. The van der Waals surface area contributed by atoms with E-state index in [2.05, 4.69) is 20.8 Å². The van der Waals surface area contributed by atoms with Crippen molar-refractivity contribution in [2.45, 2.75) is 59.6 Å². The summed E-state index contributed by atoms with van der Waals surface area (Å²) in [7, 11) is 0.